The third-order valence-corrected chi connectivity index (χ3v) is 4.57. The van der Waals surface area contributed by atoms with Gasteiger partial charge in [-0.15, -0.1) is 0 Å². The fraction of sp³-hybridized carbons (Fsp3) is 0.250. The van der Waals surface area contributed by atoms with Crippen molar-refractivity contribution in [2.75, 3.05) is 0 Å². The van der Waals surface area contributed by atoms with Gasteiger partial charge in [0.05, 0.1) is 17.6 Å². The average molecular weight is 363 g/mol. The summed E-state index contributed by atoms with van der Waals surface area (Å²) in [4.78, 5) is 0. The van der Waals surface area contributed by atoms with Gasteiger partial charge in [0.15, 0.2) is 0 Å². The lowest BCUT2D eigenvalue weighted by Gasteiger charge is -2.27. The Morgan fingerprint density at radius 3 is 2.92 bits per heavy atom. The molecule has 0 saturated heterocycles. The molecule has 24 heavy (non-hydrogen) atoms. The third kappa shape index (κ3) is 3.34. The topological polar surface area (TPSA) is 100 Å². The zero-order chi connectivity index (χ0) is 17.3. The second-order valence-electron chi connectivity index (χ2n) is 5.70. The van der Waals surface area contributed by atoms with Crippen LogP contribution in [0.4, 0.5) is 0 Å². The van der Waals surface area contributed by atoms with E-state index in [0.29, 0.717) is 22.9 Å². The van der Waals surface area contributed by atoms with Crippen molar-refractivity contribution in [1.29, 1.82) is 5.41 Å². The molecule has 0 amide bonds. The van der Waals surface area contributed by atoms with Crippen molar-refractivity contribution in [1.82, 2.24) is 15.6 Å². The van der Waals surface area contributed by atoms with Crippen LogP contribution in [0.25, 0.3) is 0 Å². The first kappa shape index (κ1) is 16.7. The van der Waals surface area contributed by atoms with E-state index in [4.69, 9.17) is 34.3 Å². The summed E-state index contributed by atoms with van der Waals surface area (Å²) in [6.45, 7) is 1.96. The number of nitrogens with zero attached hydrogens (tertiary/aromatic N) is 3. The van der Waals surface area contributed by atoms with E-state index in [0.717, 1.165) is 28.1 Å². The Kier molecular flexibility index (Phi) is 4.69. The van der Waals surface area contributed by atoms with Crippen LogP contribution in [-0.2, 0) is 6.42 Å². The number of aryl methyl sites for hydroxylation is 1. The largest absolute Gasteiger partial charge is 0.369 e. The summed E-state index contributed by atoms with van der Waals surface area (Å²) in [6.07, 6.45) is 3.04. The smallest absolute Gasteiger partial charge is 0.206 e. The van der Waals surface area contributed by atoms with Crippen LogP contribution in [0.1, 0.15) is 34.7 Å². The summed E-state index contributed by atoms with van der Waals surface area (Å²) in [7, 11) is 0. The van der Waals surface area contributed by atoms with Crippen LogP contribution in [0.5, 0.6) is 0 Å². The number of guanidine groups is 1. The number of hydrazone groups is 1. The minimum atomic E-state index is -0.216. The summed E-state index contributed by atoms with van der Waals surface area (Å²) in [5.41, 5.74) is 12.4. The van der Waals surface area contributed by atoms with Gasteiger partial charge in [0.25, 0.3) is 0 Å². The summed E-state index contributed by atoms with van der Waals surface area (Å²) < 4.78 is 0. The van der Waals surface area contributed by atoms with E-state index in [1.807, 2.05) is 13.0 Å². The highest BCUT2D eigenvalue weighted by atomic mass is 35.5. The number of aromatic nitrogens is 2. The highest BCUT2D eigenvalue weighted by Gasteiger charge is 2.29. The number of benzene rings is 1. The first-order chi connectivity index (χ1) is 11.5. The Morgan fingerprint density at radius 2 is 2.17 bits per heavy atom. The lowest BCUT2D eigenvalue weighted by Crippen LogP contribution is -2.30. The molecule has 1 aromatic heterocycles. The maximum atomic E-state index is 7.32. The van der Waals surface area contributed by atoms with Crippen LogP contribution in [0.2, 0.25) is 10.0 Å². The zero-order valence-electron chi connectivity index (χ0n) is 13.0. The molecule has 2 aromatic rings. The molecule has 8 heteroatoms. The van der Waals surface area contributed by atoms with E-state index >= 15 is 0 Å². The minimum Gasteiger partial charge on any atom is -0.369 e. The van der Waals surface area contributed by atoms with Crippen LogP contribution >= 0.6 is 23.2 Å². The molecule has 0 saturated carbocycles. The molecule has 1 atom stereocenters. The molecule has 124 valence electrons. The standard InChI is InChI=1S/C16H16Cl2N6/c1-8-7-21-22-13-4-9(11-6-10(17)2-3-12(11)18)5-14(15(8)13)23-24-16(19)20/h2-3,6-7,9H,4-5H2,1H3,(H4,19,20,24). The minimum absolute atomic E-state index is 0.0762. The number of nitrogens with one attached hydrogen (secondary N) is 2. The maximum Gasteiger partial charge on any atom is 0.206 e. The lowest BCUT2D eigenvalue weighted by molar-refractivity contribution is 0.663. The Balaban J connectivity index is 2.06. The van der Waals surface area contributed by atoms with E-state index in [1.165, 1.54) is 0 Å². The molecule has 0 fully saturated rings. The van der Waals surface area contributed by atoms with Gasteiger partial charge in [-0.05, 0) is 55.0 Å². The molecule has 0 aliphatic heterocycles. The lowest BCUT2D eigenvalue weighted by atomic mass is 9.80. The maximum absolute atomic E-state index is 7.32. The predicted octanol–water partition coefficient (Wildman–Crippen LogP) is 3.01. The highest BCUT2D eigenvalue weighted by Crippen LogP contribution is 2.37. The van der Waals surface area contributed by atoms with Crippen molar-refractivity contribution >= 4 is 34.9 Å². The molecule has 1 heterocycles. The van der Waals surface area contributed by atoms with Crippen LogP contribution < -0.4 is 11.2 Å². The molecule has 0 spiro atoms. The van der Waals surface area contributed by atoms with Crippen LogP contribution in [0.3, 0.4) is 0 Å². The molecule has 1 aliphatic rings. The highest BCUT2D eigenvalue weighted by molar-refractivity contribution is 6.33. The molecule has 1 unspecified atom stereocenters. The number of nitrogens with two attached hydrogens (primary N) is 1. The van der Waals surface area contributed by atoms with E-state index in [9.17, 15) is 0 Å². The van der Waals surface area contributed by atoms with Crippen LogP contribution in [0.15, 0.2) is 29.5 Å². The molecular weight excluding hydrogens is 347 g/mol. The SMILES string of the molecule is Cc1cnnc2c1C(=NNC(=N)N)CC(c1cc(Cl)ccc1Cl)C2. The molecule has 4 N–H and O–H groups in total. The van der Waals surface area contributed by atoms with Crippen molar-refractivity contribution in [2.24, 2.45) is 10.8 Å². The first-order valence-corrected chi connectivity index (χ1v) is 8.14. The van der Waals surface area contributed by atoms with E-state index in [-0.39, 0.29) is 11.9 Å². The van der Waals surface area contributed by atoms with Gasteiger partial charge in [0.1, 0.15) is 0 Å². The molecule has 6 nitrogen and oxygen atoms in total. The quantitative estimate of drug-likeness (QED) is 0.434. The summed E-state index contributed by atoms with van der Waals surface area (Å²) in [5, 5.41) is 21.2. The van der Waals surface area contributed by atoms with Gasteiger partial charge in [0, 0.05) is 15.6 Å². The molecule has 0 bridgehead atoms. The summed E-state index contributed by atoms with van der Waals surface area (Å²) in [5.74, 6) is -0.140. The number of hydrogen-bond acceptors (Lipinski definition) is 4. The number of rotatable bonds is 2. The van der Waals surface area contributed by atoms with Gasteiger partial charge in [-0.25, -0.2) is 5.43 Å². The Hall–Kier alpha value is -2.18. The monoisotopic (exact) mass is 362 g/mol. The normalized spacial score (nSPS) is 18.3. The first-order valence-electron chi connectivity index (χ1n) is 7.38. The average Bonchev–Trinajstić information content (AvgIpc) is 2.54. The van der Waals surface area contributed by atoms with Crippen molar-refractivity contribution in [3.8, 4) is 0 Å². The van der Waals surface area contributed by atoms with E-state index < -0.39 is 0 Å². The van der Waals surface area contributed by atoms with E-state index in [1.54, 1.807) is 18.3 Å². The Bertz CT molecular complexity index is 833. The van der Waals surface area contributed by atoms with Crippen LogP contribution in [0, 0.1) is 12.3 Å². The van der Waals surface area contributed by atoms with Gasteiger partial charge in [0.2, 0.25) is 5.96 Å². The molecule has 0 radical (unpaired) electrons. The van der Waals surface area contributed by atoms with Crippen molar-refractivity contribution < 1.29 is 0 Å². The number of halogens is 2. The van der Waals surface area contributed by atoms with Gasteiger partial charge < -0.3 is 5.73 Å². The summed E-state index contributed by atoms with van der Waals surface area (Å²) in [6, 6.07) is 5.43. The second kappa shape index (κ2) is 6.75. The van der Waals surface area contributed by atoms with Crippen molar-refractivity contribution in [2.45, 2.75) is 25.7 Å². The number of hydrogen-bond donors (Lipinski definition) is 3. The Labute approximate surface area is 149 Å². The third-order valence-electron chi connectivity index (χ3n) is 3.99. The van der Waals surface area contributed by atoms with Gasteiger partial charge in [-0.3, -0.25) is 5.41 Å². The zero-order valence-corrected chi connectivity index (χ0v) is 14.5. The predicted molar refractivity (Wildman–Crippen MR) is 95.9 cm³/mol. The fourth-order valence-corrected chi connectivity index (χ4v) is 3.43. The van der Waals surface area contributed by atoms with E-state index in [2.05, 4.69) is 20.7 Å². The Morgan fingerprint density at radius 1 is 1.38 bits per heavy atom. The van der Waals surface area contributed by atoms with Crippen LogP contribution in [-0.4, -0.2) is 21.9 Å². The molecular formula is C16H16Cl2N6. The fourth-order valence-electron chi connectivity index (χ4n) is 2.98. The number of fused-ring (bicyclic) bond motifs is 1. The van der Waals surface area contributed by atoms with Gasteiger partial charge in [-0.2, -0.15) is 15.3 Å². The molecule has 1 aromatic carbocycles. The van der Waals surface area contributed by atoms with Crippen molar-refractivity contribution in [3.05, 3.63) is 56.8 Å². The van der Waals surface area contributed by atoms with Gasteiger partial charge in [-0.1, -0.05) is 23.2 Å². The summed E-state index contributed by atoms with van der Waals surface area (Å²) >= 11 is 12.5. The second-order valence-corrected chi connectivity index (χ2v) is 6.55. The molecule has 1 aliphatic carbocycles. The molecule has 3 rings (SSSR count). The van der Waals surface area contributed by atoms with Crippen molar-refractivity contribution in [3.63, 3.8) is 0 Å². The van der Waals surface area contributed by atoms with Gasteiger partial charge >= 0.3 is 0 Å².